The van der Waals surface area contributed by atoms with E-state index >= 15 is 0 Å². The van der Waals surface area contributed by atoms with E-state index in [-0.39, 0.29) is 5.69 Å². The van der Waals surface area contributed by atoms with E-state index < -0.39 is 29.7 Å². The van der Waals surface area contributed by atoms with E-state index in [4.69, 9.17) is 4.74 Å². The topological polar surface area (TPSA) is 66.1 Å². The minimum atomic E-state index is -4.86. The number of aromatic nitrogens is 3. The van der Waals surface area contributed by atoms with Gasteiger partial charge in [0.1, 0.15) is 11.4 Å². The van der Waals surface area contributed by atoms with Crippen molar-refractivity contribution in [3.05, 3.63) is 87.2 Å². The molecule has 2 aromatic heterocycles. The zero-order valence-electron chi connectivity index (χ0n) is 17.6. The maximum absolute atomic E-state index is 13.4. The minimum absolute atomic E-state index is 0.149. The number of hydrogen-bond acceptors (Lipinski definition) is 5. The number of hydrogen-bond donors (Lipinski definition) is 0. The van der Waals surface area contributed by atoms with E-state index in [9.17, 15) is 22.8 Å². The summed E-state index contributed by atoms with van der Waals surface area (Å²) in [7, 11) is 1.58. The molecule has 0 unspecified atom stereocenters. The van der Waals surface area contributed by atoms with E-state index in [1.54, 1.807) is 19.2 Å². The van der Waals surface area contributed by atoms with Crippen LogP contribution in [0.3, 0.4) is 0 Å². The smallest absolute Gasteiger partial charge is 0.431 e. The number of nitrogens with zero attached hydrogens (tertiary/aromatic N) is 3. The first kappa shape index (κ1) is 22.5. The Balaban J connectivity index is 1.93. The fraction of sp³-hybridized carbons (Fsp3) is 0.174. The standard InChI is InChI=1S/C23H18F3N3O3S/c1-4-9-28-19(23(24,25)26)12-20(30)29(22(28)31)15-6-8-18-16(11-15)21(27-33-18)14-5-7-17(32-3)13(2)10-14/h4-8,10-12H,1,9H2,2-3H3. The Kier molecular flexibility index (Phi) is 5.71. The minimum Gasteiger partial charge on any atom is -0.496 e. The molecule has 6 nitrogen and oxygen atoms in total. The predicted octanol–water partition coefficient (Wildman–Crippen LogP) is 4.80. The number of aryl methyl sites for hydroxylation is 1. The Labute approximate surface area is 190 Å². The van der Waals surface area contributed by atoms with Gasteiger partial charge in [-0.25, -0.2) is 9.36 Å². The van der Waals surface area contributed by atoms with Gasteiger partial charge >= 0.3 is 11.9 Å². The molecule has 10 heteroatoms. The molecular weight excluding hydrogens is 455 g/mol. The molecule has 0 bridgehead atoms. The van der Waals surface area contributed by atoms with Gasteiger partial charge in [0.15, 0.2) is 0 Å². The van der Waals surface area contributed by atoms with Crippen LogP contribution in [-0.4, -0.2) is 20.6 Å². The average molecular weight is 473 g/mol. The van der Waals surface area contributed by atoms with Crippen LogP contribution in [0.5, 0.6) is 5.75 Å². The lowest BCUT2D eigenvalue weighted by Crippen LogP contribution is -2.41. The largest absolute Gasteiger partial charge is 0.496 e. The van der Waals surface area contributed by atoms with Crippen LogP contribution >= 0.6 is 11.5 Å². The number of benzene rings is 2. The molecule has 0 radical (unpaired) electrons. The SMILES string of the molecule is C=CCn1c(C(F)(F)F)cc(=O)n(-c2ccc3snc(-c4ccc(OC)c(C)c4)c3c2)c1=O. The number of methoxy groups -OCH3 is 1. The third kappa shape index (κ3) is 3.97. The second-order valence-electron chi connectivity index (χ2n) is 7.28. The molecule has 33 heavy (non-hydrogen) atoms. The highest BCUT2D eigenvalue weighted by Crippen LogP contribution is 2.34. The Morgan fingerprint density at radius 3 is 2.55 bits per heavy atom. The molecule has 0 aliphatic rings. The Morgan fingerprint density at radius 1 is 1.15 bits per heavy atom. The third-order valence-electron chi connectivity index (χ3n) is 5.18. The summed E-state index contributed by atoms with van der Waals surface area (Å²) in [6, 6.07) is 10.8. The molecule has 0 aliphatic carbocycles. The van der Waals surface area contributed by atoms with Crippen LogP contribution in [0.15, 0.2) is 64.7 Å². The molecule has 4 rings (SSSR count). The van der Waals surface area contributed by atoms with E-state index in [0.29, 0.717) is 21.7 Å². The first-order chi connectivity index (χ1) is 15.7. The molecule has 0 spiro atoms. The van der Waals surface area contributed by atoms with Gasteiger partial charge in [-0.2, -0.15) is 17.5 Å². The number of ether oxygens (including phenoxy) is 1. The lowest BCUT2D eigenvalue weighted by molar-refractivity contribution is -0.144. The maximum Gasteiger partial charge on any atom is 0.431 e. The monoisotopic (exact) mass is 473 g/mol. The summed E-state index contributed by atoms with van der Waals surface area (Å²) in [5, 5.41) is 0.670. The van der Waals surface area contributed by atoms with Crippen molar-refractivity contribution >= 4 is 21.6 Å². The molecule has 4 aromatic rings. The van der Waals surface area contributed by atoms with Gasteiger partial charge in [0.25, 0.3) is 5.56 Å². The zero-order chi connectivity index (χ0) is 23.9. The van der Waals surface area contributed by atoms with Crippen molar-refractivity contribution in [2.45, 2.75) is 19.6 Å². The van der Waals surface area contributed by atoms with Gasteiger partial charge in [-0.3, -0.25) is 9.36 Å². The number of halogens is 3. The lowest BCUT2D eigenvalue weighted by Gasteiger charge is -2.16. The van der Waals surface area contributed by atoms with Gasteiger partial charge in [-0.05, 0) is 60.4 Å². The van der Waals surface area contributed by atoms with E-state index in [1.165, 1.54) is 23.7 Å². The number of rotatable bonds is 5. The summed E-state index contributed by atoms with van der Waals surface area (Å²) < 4.78 is 52.0. The summed E-state index contributed by atoms with van der Waals surface area (Å²) >= 11 is 1.24. The van der Waals surface area contributed by atoms with Crippen LogP contribution in [0, 0.1) is 6.92 Å². The number of fused-ring (bicyclic) bond motifs is 1. The average Bonchev–Trinajstić information content (AvgIpc) is 3.18. The fourth-order valence-electron chi connectivity index (χ4n) is 3.66. The van der Waals surface area contributed by atoms with Crippen LogP contribution in [-0.2, 0) is 12.7 Å². The van der Waals surface area contributed by atoms with Gasteiger partial charge in [-0.1, -0.05) is 6.08 Å². The molecule has 0 fully saturated rings. The Morgan fingerprint density at radius 2 is 1.91 bits per heavy atom. The van der Waals surface area contributed by atoms with Crippen LogP contribution in [0.25, 0.3) is 27.0 Å². The second-order valence-corrected chi connectivity index (χ2v) is 8.08. The highest BCUT2D eigenvalue weighted by Gasteiger charge is 2.35. The van der Waals surface area contributed by atoms with Crippen LogP contribution in [0.4, 0.5) is 13.2 Å². The van der Waals surface area contributed by atoms with Crippen LogP contribution < -0.4 is 16.0 Å². The van der Waals surface area contributed by atoms with Gasteiger partial charge in [0, 0.05) is 23.6 Å². The molecule has 170 valence electrons. The third-order valence-corrected chi connectivity index (χ3v) is 6.00. The zero-order valence-corrected chi connectivity index (χ0v) is 18.5. The molecule has 0 saturated carbocycles. The maximum atomic E-state index is 13.4. The quantitative estimate of drug-likeness (QED) is 0.391. The highest BCUT2D eigenvalue weighted by atomic mass is 32.1. The van der Waals surface area contributed by atoms with Gasteiger partial charge in [0.05, 0.1) is 23.2 Å². The molecule has 2 aromatic carbocycles. The van der Waals surface area contributed by atoms with Crippen molar-refractivity contribution in [2.75, 3.05) is 7.11 Å². The Hall–Kier alpha value is -3.66. The summed E-state index contributed by atoms with van der Waals surface area (Å²) in [5.74, 6) is 0.720. The molecule has 0 atom stereocenters. The molecule has 0 amide bonds. The van der Waals surface area contributed by atoms with Crippen molar-refractivity contribution < 1.29 is 17.9 Å². The molecule has 2 heterocycles. The molecule has 0 saturated heterocycles. The normalized spacial score (nSPS) is 11.7. The number of allylic oxidation sites excluding steroid dienone is 1. The van der Waals surface area contributed by atoms with E-state index in [0.717, 1.165) is 26.1 Å². The summed E-state index contributed by atoms with van der Waals surface area (Å²) in [6.45, 7) is 4.91. The molecular formula is C23H18F3N3O3S. The van der Waals surface area contributed by atoms with Crippen LogP contribution in [0.2, 0.25) is 0 Å². The number of alkyl halides is 3. The summed E-state index contributed by atoms with van der Waals surface area (Å²) in [6.07, 6.45) is -3.69. The van der Waals surface area contributed by atoms with Crippen molar-refractivity contribution in [1.82, 2.24) is 13.5 Å². The highest BCUT2D eigenvalue weighted by molar-refractivity contribution is 7.13. The molecule has 0 aliphatic heterocycles. The first-order valence-corrected chi connectivity index (χ1v) is 10.5. The van der Waals surface area contributed by atoms with E-state index in [1.807, 2.05) is 25.1 Å². The fourth-order valence-corrected chi connectivity index (χ4v) is 4.43. The van der Waals surface area contributed by atoms with Crippen LogP contribution in [0.1, 0.15) is 11.3 Å². The first-order valence-electron chi connectivity index (χ1n) is 9.75. The van der Waals surface area contributed by atoms with Crippen molar-refractivity contribution in [2.24, 2.45) is 0 Å². The van der Waals surface area contributed by atoms with Crippen molar-refractivity contribution in [3.63, 3.8) is 0 Å². The predicted molar refractivity (Wildman–Crippen MR) is 121 cm³/mol. The van der Waals surface area contributed by atoms with Gasteiger partial charge in [0.2, 0.25) is 0 Å². The van der Waals surface area contributed by atoms with E-state index in [2.05, 4.69) is 11.0 Å². The molecule has 0 N–H and O–H groups in total. The summed E-state index contributed by atoms with van der Waals surface area (Å²) in [5.41, 5.74) is -0.999. The second kappa shape index (κ2) is 8.36. The van der Waals surface area contributed by atoms with Gasteiger partial charge < -0.3 is 4.74 Å². The van der Waals surface area contributed by atoms with Gasteiger partial charge in [-0.15, -0.1) is 6.58 Å². The lowest BCUT2D eigenvalue weighted by atomic mass is 10.0. The van der Waals surface area contributed by atoms with Crippen molar-refractivity contribution in [3.8, 4) is 22.7 Å². The summed E-state index contributed by atoms with van der Waals surface area (Å²) in [4.78, 5) is 25.5. The van der Waals surface area contributed by atoms with Crippen molar-refractivity contribution in [1.29, 1.82) is 0 Å². The Bertz CT molecular complexity index is 1500.